The molecule has 2 aromatic rings. The Labute approximate surface area is 166 Å². The van der Waals surface area contributed by atoms with Gasteiger partial charge in [0.1, 0.15) is 5.75 Å². The first-order valence-corrected chi connectivity index (χ1v) is 9.89. The molecule has 0 aliphatic carbocycles. The van der Waals surface area contributed by atoms with Crippen LogP contribution >= 0.6 is 11.6 Å². The molecule has 1 aliphatic rings. The van der Waals surface area contributed by atoms with Crippen molar-refractivity contribution in [1.82, 2.24) is 10.2 Å². The van der Waals surface area contributed by atoms with Gasteiger partial charge in [0.25, 0.3) is 5.91 Å². The first kappa shape index (κ1) is 19.7. The number of aryl methyl sites for hydroxylation is 1. The zero-order chi connectivity index (χ0) is 19.2. The lowest BCUT2D eigenvalue weighted by Crippen LogP contribution is -2.45. The summed E-state index contributed by atoms with van der Waals surface area (Å²) in [6.45, 7) is 6.16. The molecule has 4 nitrogen and oxygen atoms in total. The number of ether oxygens (including phenoxy) is 1. The van der Waals surface area contributed by atoms with Crippen LogP contribution in [-0.2, 0) is 11.3 Å². The summed E-state index contributed by atoms with van der Waals surface area (Å²) in [4.78, 5) is 15.1. The van der Waals surface area contributed by atoms with Gasteiger partial charge < -0.3 is 15.0 Å². The van der Waals surface area contributed by atoms with E-state index in [2.05, 4.69) is 30.4 Å². The van der Waals surface area contributed by atoms with Crippen molar-refractivity contribution in [2.75, 3.05) is 13.1 Å². The Kier molecular flexibility index (Phi) is 6.75. The van der Waals surface area contributed by atoms with Crippen LogP contribution in [0.4, 0.5) is 0 Å². The van der Waals surface area contributed by atoms with Crippen molar-refractivity contribution in [3.05, 3.63) is 64.7 Å². The third-order valence-electron chi connectivity index (χ3n) is 4.83. The maximum atomic E-state index is 13.1. The zero-order valence-corrected chi connectivity index (χ0v) is 16.7. The maximum absolute atomic E-state index is 13.1. The molecular formula is C22H27ClN2O2. The number of carbonyl (C=O) groups excluding carboxylic acids is 1. The third-order valence-corrected chi connectivity index (χ3v) is 5.06. The second kappa shape index (κ2) is 9.25. The van der Waals surface area contributed by atoms with Crippen LogP contribution in [-0.4, -0.2) is 36.0 Å². The smallest absolute Gasteiger partial charge is 0.263 e. The van der Waals surface area contributed by atoms with Crippen LogP contribution in [0.5, 0.6) is 5.75 Å². The first-order chi connectivity index (χ1) is 13.0. The number of benzene rings is 2. The van der Waals surface area contributed by atoms with Gasteiger partial charge in [-0.15, -0.1) is 0 Å². The molecule has 1 aliphatic heterocycles. The average Bonchev–Trinajstić information content (AvgIpc) is 3.14. The van der Waals surface area contributed by atoms with Crippen LogP contribution in [0, 0.1) is 6.92 Å². The van der Waals surface area contributed by atoms with E-state index in [0.29, 0.717) is 29.9 Å². The van der Waals surface area contributed by atoms with Crippen molar-refractivity contribution in [2.24, 2.45) is 0 Å². The fraction of sp³-hybridized carbons (Fsp3) is 0.409. The topological polar surface area (TPSA) is 41.6 Å². The Bertz CT molecular complexity index is 774. The van der Waals surface area contributed by atoms with Crippen LogP contribution in [0.25, 0.3) is 0 Å². The summed E-state index contributed by atoms with van der Waals surface area (Å²) in [6, 6.07) is 15.8. The van der Waals surface area contributed by atoms with Gasteiger partial charge in [-0.1, -0.05) is 47.5 Å². The van der Waals surface area contributed by atoms with Crippen molar-refractivity contribution in [3.8, 4) is 5.75 Å². The summed E-state index contributed by atoms with van der Waals surface area (Å²) in [5.74, 6) is 0.600. The normalized spacial score (nSPS) is 17.5. The number of carbonyl (C=O) groups is 1. The molecule has 1 unspecified atom stereocenters. The minimum Gasteiger partial charge on any atom is -0.481 e. The fourth-order valence-electron chi connectivity index (χ4n) is 3.49. The number of nitrogens with zero attached hydrogens (tertiary/aromatic N) is 1. The molecule has 1 saturated heterocycles. The van der Waals surface area contributed by atoms with Crippen LogP contribution in [0.2, 0.25) is 5.02 Å². The Hall–Kier alpha value is -2.04. The van der Waals surface area contributed by atoms with Crippen LogP contribution in [0.3, 0.4) is 0 Å². The highest BCUT2D eigenvalue weighted by Crippen LogP contribution is 2.20. The number of amides is 1. The number of hydrogen-bond donors (Lipinski definition) is 1. The Balaban J connectivity index is 1.72. The molecule has 3 rings (SSSR count). The van der Waals surface area contributed by atoms with E-state index >= 15 is 0 Å². The highest BCUT2D eigenvalue weighted by molar-refractivity contribution is 6.30. The van der Waals surface area contributed by atoms with Crippen LogP contribution in [0.15, 0.2) is 48.5 Å². The number of rotatable bonds is 7. The van der Waals surface area contributed by atoms with Gasteiger partial charge >= 0.3 is 0 Å². The van der Waals surface area contributed by atoms with Gasteiger partial charge in [0.05, 0.1) is 0 Å². The molecule has 2 atom stereocenters. The molecule has 1 fully saturated rings. The molecule has 1 heterocycles. The van der Waals surface area contributed by atoms with E-state index in [4.69, 9.17) is 16.3 Å². The SMILES string of the molecule is Cc1cccc(CN(CC2CCCN2)C(=O)[C@@H](C)Oc2cccc(Cl)c2)c1. The molecule has 0 saturated carbocycles. The Morgan fingerprint density at radius 3 is 2.81 bits per heavy atom. The van der Waals surface area contributed by atoms with Gasteiger partial charge in [-0.25, -0.2) is 0 Å². The Morgan fingerprint density at radius 1 is 1.30 bits per heavy atom. The molecule has 5 heteroatoms. The van der Waals surface area contributed by atoms with E-state index in [1.165, 1.54) is 5.56 Å². The van der Waals surface area contributed by atoms with Gasteiger partial charge in [-0.3, -0.25) is 4.79 Å². The molecule has 0 aromatic heterocycles. The van der Waals surface area contributed by atoms with Crippen molar-refractivity contribution in [1.29, 1.82) is 0 Å². The van der Waals surface area contributed by atoms with Gasteiger partial charge in [-0.05, 0) is 57.0 Å². The van der Waals surface area contributed by atoms with Crippen molar-refractivity contribution in [3.63, 3.8) is 0 Å². The summed E-state index contributed by atoms with van der Waals surface area (Å²) in [7, 11) is 0. The summed E-state index contributed by atoms with van der Waals surface area (Å²) in [5.41, 5.74) is 2.33. The van der Waals surface area contributed by atoms with E-state index < -0.39 is 6.10 Å². The number of halogens is 1. The highest BCUT2D eigenvalue weighted by Gasteiger charge is 2.26. The highest BCUT2D eigenvalue weighted by atomic mass is 35.5. The average molecular weight is 387 g/mol. The summed E-state index contributed by atoms with van der Waals surface area (Å²) >= 11 is 6.02. The van der Waals surface area contributed by atoms with Gasteiger partial charge in [0, 0.05) is 24.2 Å². The summed E-state index contributed by atoms with van der Waals surface area (Å²) < 4.78 is 5.87. The lowest BCUT2D eigenvalue weighted by atomic mass is 10.1. The molecule has 0 radical (unpaired) electrons. The predicted octanol–water partition coefficient (Wildman–Crippen LogP) is 4.20. The van der Waals surface area contributed by atoms with E-state index in [1.807, 2.05) is 23.1 Å². The lowest BCUT2D eigenvalue weighted by Gasteiger charge is -2.29. The van der Waals surface area contributed by atoms with Crippen molar-refractivity contribution >= 4 is 17.5 Å². The molecule has 0 bridgehead atoms. The van der Waals surface area contributed by atoms with Crippen molar-refractivity contribution < 1.29 is 9.53 Å². The summed E-state index contributed by atoms with van der Waals surface area (Å²) in [6.07, 6.45) is 1.68. The molecule has 27 heavy (non-hydrogen) atoms. The molecule has 144 valence electrons. The first-order valence-electron chi connectivity index (χ1n) is 9.51. The minimum absolute atomic E-state index is 0.00909. The largest absolute Gasteiger partial charge is 0.481 e. The number of nitrogens with one attached hydrogen (secondary N) is 1. The predicted molar refractivity (Wildman–Crippen MR) is 109 cm³/mol. The maximum Gasteiger partial charge on any atom is 0.263 e. The zero-order valence-electron chi connectivity index (χ0n) is 16.0. The fourth-order valence-corrected chi connectivity index (χ4v) is 3.67. The second-order valence-corrected chi connectivity index (χ2v) is 7.65. The minimum atomic E-state index is -0.574. The molecule has 0 spiro atoms. The van der Waals surface area contributed by atoms with Crippen LogP contribution in [0.1, 0.15) is 30.9 Å². The molecule has 1 N–H and O–H groups in total. The monoisotopic (exact) mass is 386 g/mol. The Morgan fingerprint density at radius 2 is 2.11 bits per heavy atom. The van der Waals surface area contributed by atoms with E-state index in [0.717, 1.165) is 24.9 Å². The van der Waals surface area contributed by atoms with Gasteiger partial charge in [0.2, 0.25) is 0 Å². The van der Waals surface area contributed by atoms with E-state index in [1.54, 1.807) is 19.1 Å². The molecule has 2 aromatic carbocycles. The lowest BCUT2D eigenvalue weighted by molar-refractivity contribution is -0.139. The molecular weight excluding hydrogens is 360 g/mol. The van der Waals surface area contributed by atoms with Crippen LogP contribution < -0.4 is 10.1 Å². The number of hydrogen-bond acceptors (Lipinski definition) is 3. The third kappa shape index (κ3) is 5.72. The molecule has 1 amide bonds. The van der Waals surface area contributed by atoms with Gasteiger partial charge in [0.15, 0.2) is 6.10 Å². The van der Waals surface area contributed by atoms with Gasteiger partial charge in [-0.2, -0.15) is 0 Å². The quantitative estimate of drug-likeness (QED) is 0.775. The van der Waals surface area contributed by atoms with E-state index in [9.17, 15) is 4.79 Å². The second-order valence-electron chi connectivity index (χ2n) is 7.22. The standard InChI is InChI=1S/C22H27ClN2O2/c1-16-6-3-7-18(12-16)14-25(15-20-9-5-11-24-20)22(26)17(2)27-21-10-4-8-19(23)13-21/h3-4,6-8,10,12-13,17,20,24H,5,9,11,14-15H2,1-2H3/t17-,20?/m1/s1. The summed E-state index contributed by atoms with van der Waals surface area (Å²) in [5, 5.41) is 4.08. The van der Waals surface area contributed by atoms with Crippen molar-refractivity contribution in [2.45, 2.75) is 45.4 Å². The van der Waals surface area contributed by atoms with E-state index in [-0.39, 0.29) is 5.91 Å².